The highest BCUT2D eigenvalue weighted by Crippen LogP contribution is 2.30. The molecule has 3 aliphatic rings. The molecule has 0 bridgehead atoms. The molecule has 0 unspecified atom stereocenters. The largest absolute Gasteiger partial charge is 0.351 e. The second kappa shape index (κ2) is 9.75. The molecule has 2 saturated heterocycles. The first-order chi connectivity index (χ1) is 16.4. The van der Waals surface area contributed by atoms with Gasteiger partial charge >= 0.3 is 0 Å². The van der Waals surface area contributed by atoms with Crippen LogP contribution < -0.4 is 10.9 Å². The van der Waals surface area contributed by atoms with Crippen molar-refractivity contribution >= 4 is 27.0 Å². The summed E-state index contributed by atoms with van der Waals surface area (Å²) in [7, 11) is -1.32. The number of hydrogen-bond acceptors (Lipinski definition) is 7. The molecule has 9 nitrogen and oxygen atoms in total. The summed E-state index contributed by atoms with van der Waals surface area (Å²) in [6.07, 6.45) is 9.07. The van der Waals surface area contributed by atoms with Crippen LogP contribution in [0.25, 0.3) is 11.0 Å². The Balaban J connectivity index is 1.26. The van der Waals surface area contributed by atoms with Crippen LogP contribution in [0.2, 0.25) is 0 Å². The Morgan fingerprint density at radius 2 is 1.74 bits per heavy atom. The summed E-state index contributed by atoms with van der Waals surface area (Å²) >= 11 is 0. The lowest BCUT2D eigenvalue weighted by molar-refractivity contribution is 0.311. The highest BCUT2D eigenvalue weighted by atomic mass is 32.2. The summed E-state index contributed by atoms with van der Waals surface area (Å²) in [4.78, 5) is 24.0. The molecule has 10 heteroatoms. The van der Waals surface area contributed by atoms with Crippen molar-refractivity contribution in [3.05, 3.63) is 39.7 Å². The molecule has 0 spiro atoms. The van der Waals surface area contributed by atoms with Gasteiger partial charge in [0, 0.05) is 61.3 Å². The van der Waals surface area contributed by atoms with E-state index in [1.54, 1.807) is 22.6 Å². The minimum atomic E-state index is -3.39. The quantitative estimate of drug-likeness (QED) is 0.694. The van der Waals surface area contributed by atoms with Gasteiger partial charge in [0.2, 0.25) is 16.0 Å². The number of sulfonamides is 1. The van der Waals surface area contributed by atoms with Crippen LogP contribution in [0.5, 0.6) is 0 Å². The lowest BCUT2D eigenvalue weighted by atomic mass is 10.1. The van der Waals surface area contributed by atoms with Crippen LogP contribution in [0.1, 0.15) is 57.4 Å². The third kappa shape index (κ3) is 5.04. The van der Waals surface area contributed by atoms with Gasteiger partial charge in [-0.25, -0.2) is 13.4 Å². The molecular formula is C24H34N6O3S. The Bertz CT molecular complexity index is 1220. The van der Waals surface area contributed by atoms with E-state index >= 15 is 0 Å². The van der Waals surface area contributed by atoms with Crippen LogP contribution >= 0.6 is 0 Å². The van der Waals surface area contributed by atoms with Gasteiger partial charge in [0.05, 0.1) is 0 Å². The zero-order valence-corrected chi connectivity index (χ0v) is 20.6. The molecule has 3 fully saturated rings. The monoisotopic (exact) mass is 486 g/mol. The topological polar surface area (TPSA) is 100 Å². The summed E-state index contributed by atoms with van der Waals surface area (Å²) < 4.78 is 29.2. The Kier molecular flexibility index (Phi) is 6.72. The maximum Gasteiger partial charge on any atom is 0.252 e. The molecule has 0 radical (unpaired) electrons. The molecule has 5 rings (SSSR count). The van der Waals surface area contributed by atoms with Crippen molar-refractivity contribution in [2.24, 2.45) is 0 Å². The molecule has 0 atom stereocenters. The van der Waals surface area contributed by atoms with Crippen LogP contribution in [0.4, 0.5) is 5.95 Å². The van der Waals surface area contributed by atoms with Crippen molar-refractivity contribution in [3.8, 4) is 0 Å². The molecule has 184 valence electrons. The van der Waals surface area contributed by atoms with E-state index in [1.165, 1.54) is 5.41 Å². The lowest BCUT2D eigenvalue weighted by Gasteiger charge is -2.31. The van der Waals surface area contributed by atoms with Gasteiger partial charge < -0.3 is 10.2 Å². The van der Waals surface area contributed by atoms with E-state index in [0.29, 0.717) is 37.5 Å². The average Bonchev–Trinajstić information content (AvgIpc) is 3.35. The number of hydrogen-bond donors (Lipinski definition) is 1. The van der Waals surface area contributed by atoms with E-state index in [1.807, 2.05) is 4.57 Å². The van der Waals surface area contributed by atoms with Gasteiger partial charge in [0.15, 0.2) is 0 Å². The summed E-state index contributed by atoms with van der Waals surface area (Å²) in [6, 6.07) is 3.69. The minimum absolute atomic E-state index is 0.0127. The van der Waals surface area contributed by atoms with Gasteiger partial charge in [-0.1, -0.05) is 18.4 Å². The first-order valence-corrected chi connectivity index (χ1v) is 13.9. The van der Waals surface area contributed by atoms with E-state index in [-0.39, 0.29) is 17.6 Å². The predicted octanol–water partition coefficient (Wildman–Crippen LogP) is 2.72. The summed E-state index contributed by atoms with van der Waals surface area (Å²) in [5.41, 5.74) is 1.69. The number of anilines is 1. The molecule has 34 heavy (non-hydrogen) atoms. The molecule has 2 aromatic rings. The molecule has 1 N–H and O–H groups in total. The fourth-order valence-electron chi connectivity index (χ4n) is 5.37. The normalized spacial score (nSPS) is 21.9. The smallest absolute Gasteiger partial charge is 0.252 e. The van der Waals surface area contributed by atoms with Crippen molar-refractivity contribution in [2.45, 2.75) is 63.5 Å². The fourth-order valence-corrected chi connectivity index (χ4v) is 6.90. The number of fused-ring (bicyclic) bond motifs is 1. The highest BCUT2D eigenvalue weighted by molar-refractivity contribution is 7.92. The van der Waals surface area contributed by atoms with Gasteiger partial charge in [-0.15, -0.1) is 0 Å². The minimum Gasteiger partial charge on any atom is -0.351 e. The van der Waals surface area contributed by atoms with Crippen molar-refractivity contribution in [1.29, 1.82) is 0 Å². The van der Waals surface area contributed by atoms with E-state index < -0.39 is 10.0 Å². The number of nitrogens with zero attached hydrogens (tertiary/aromatic N) is 5. The Morgan fingerprint density at radius 1 is 1.03 bits per heavy atom. The molecular weight excluding hydrogens is 452 g/mol. The molecule has 1 saturated carbocycles. The second-order valence-corrected chi connectivity index (χ2v) is 11.7. The number of likely N-dealkylation sites (tertiary alicyclic amines) is 1. The number of rotatable bonds is 5. The second-order valence-electron chi connectivity index (χ2n) is 9.89. The van der Waals surface area contributed by atoms with Crippen molar-refractivity contribution in [1.82, 2.24) is 23.7 Å². The first kappa shape index (κ1) is 23.4. The highest BCUT2D eigenvalue weighted by Gasteiger charge is 2.28. The standard InChI is InChI=1S/C24H34N6O3S/c1-28-12-8-18(9-13-28)17-34(32,33)29-14-10-20(11-15-29)26-24-25-16-19-6-7-22(31)30(23(19)27-24)21-4-2-3-5-21/h6-7,16-17,20-21H,2-5,8-15H2,1H3,(H,25,26,27). The van der Waals surface area contributed by atoms with Crippen LogP contribution in [0.3, 0.4) is 0 Å². The Labute approximate surface area is 200 Å². The van der Waals surface area contributed by atoms with Gasteiger partial charge in [-0.2, -0.15) is 9.29 Å². The summed E-state index contributed by atoms with van der Waals surface area (Å²) in [5.74, 6) is 0.500. The molecule has 4 heterocycles. The maximum absolute atomic E-state index is 12.9. The van der Waals surface area contributed by atoms with Gasteiger partial charge in [0.1, 0.15) is 5.65 Å². The molecule has 2 aromatic heterocycles. The number of piperidine rings is 2. The Morgan fingerprint density at radius 3 is 2.44 bits per heavy atom. The Hall–Kier alpha value is -2.30. The van der Waals surface area contributed by atoms with Crippen LogP contribution in [-0.2, 0) is 10.0 Å². The average molecular weight is 487 g/mol. The zero-order chi connectivity index (χ0) is 23.7. The number of pyridine rings is 1. The van der Waals surface area contributed by atoms with Crippen molar-refractivity contribution < 1.29 is 8.42 Å². The van der Waals surface area contributed by atoms with E-state index in [9.17, 15) is 13.2 Å². The number of aromatic nitrogens is 3. The van der Waals surface area contributed by atoms with Crippen LogP contribution in [-0.4, -0.2) is 71.4 Å². The zero-order valence-electron chi connectivity index (χ0n) is 19.8. The van der Waals surface area contributed by atoms with Gasteiger partial charge in [0.25, 0.3) is 5.56 Å². The fraction of sp³-hybridized carbons (Fsp3) is 0.625. The van der Waals surface area contributed by atoms with E-state index in [4.69, 9.17) is 4.98 Å². The predicted molar refractivity (Wildman–Crippen MR) is 133 cm³/mol. The summed E-state index contributed by atoms with van der Waals surface area (Å²) in [5, 5.41) is 5.75. The van der Waals surface area contributed by atoms with E-state index in [2.05, 4.69) is 22.2 Å². The van der Waals surface area contributed by atoms with Crippen LogP contribution in [0, 0.1) is 0 Å². The van der Waals surface area contributed by atoms with Crippen molar-refractivity contribution in [2.75, 3.05) is 38.5 Å². The van der Waals surface area contributed by atoms with Gasteiger partial charge in [-0.05, 0) is 51.6 Å². The maximum atomic E-state index is 12.9. The SMILES string of the molecule is CN1CCC(=CS(=O)(=O)N2CCC(Nc3ncc4ccc(=O)n(C5CCCC5)c4n3)CC2)CC1. The van der Waals surface area contributed by atoms with Crippen LogP contribution in [0.15, 0.2) is 34.1 Å². The molecule has 0 amide bonds. The molecule has 1 aliphatic carbocycles. The molecule has 2 aliphatic heterocycles. The lowest BCUT2D eigenvalue weighted by Crippen LogP contribution is -2.42. The van der Waals surface area contributed by atoms with E-state index in [0.717, 1.165) is 62.6 Å². The summed E-state index contributed by atoms with van der Waals surface area (Å²) in [6.45, 7) is 2.77. The van der Waals surface area contributed by atoms with Gasteiger partial charge in [-0.3, -0.25) is 9.36 Å². The third-order valence-electron chi connectivity index (χ3n) is 7.45. The third-order valence-corrected chi connectivity index (χ3v) is 9.16. The first-order valence-electron chi connectivity index (χ1n) is 12.4. The number of nitrogens with one attached hydrogen (secondary N) is 1. The van der Waals surface area contributed by atoms with Crippen molar-refractivity contribution in [3.63, 3.8) is 0 Å². The molecule has 0 aromatic carbocycles.